The number of benzene rings is 1. The average Bonchev–Trinajstić information content (AvgIpc) is 2.48. The van der Waals surface area contributed by atoms with Crippen molar-refractivity contribution >= 4 is 11.9 Å². The Balaban J connectivity index is 2.82. The summed E-state index contributed by atoms with van der Waals surface area (Å²) >= 11 is 0. The quantitative estimate of drug-likeness (QED) is 0.517. The van der Waals surface area contributed by atoms with Crippen molar-refractivity contribution in [1.29, 1.82) is 0 Å². The zero-order valence-electron chi connectivity index (χ0n) is 8.71. The second kappa shape index (κ2) is 3.08. The van der Waals surface area contributed by atoms with Crippen molar-refractivity contribution in [3.05, 3.63) is 28.3 Å². The zero-order chi connectivity index (χ0) is 11.2. The summed E-state index contributed by atoms with van der Waals surface area (Å²) in [6, 6.07) is 1.73. The van der Waals surface area contributed by atoms with Gasteiger partial charge in [-0.1, -0.05) is 0 Å². The standard InChI is InChI=1S/C11H10O4/c1-5-4-7(14-3)9-8(6(5)2)10(12)15-11(9)13/h4H,1-3H3. The van der Waals surface area contributed by atoms with Crippen LogP contribution in [0.1, 0.15) is 31.8 Å². The van der Waals surface area contributed by atoms with Crippen molar-refractivity contribution in [1.82, 2.24) is 0 Å². The Labute approximate surface area is 86.8 Å². The molecule has 0 radical (unpaired) electrons. The lowest BCUT2D eigenvalue weighted by atomic mass is 9.98. The third kappa shape index (κ3) is 1.21. The predicted octanol–water partition coefficient (Wildman–Crippen LogP) is 1.62. The minimum Gasteiger partial charge on any atom is -0.496 e. The molecule has 0 saturated heterocycles. The van der Waals surface area contributed by atoms with E-state index in [1.54, 1.807) is 13.0 Å². The lowest BCUT2D eigenvalue weighted by molar-refractivity contribution is 0.0442. The lowest BCUT2D eigenvalue weighted by Gasteiger charge is -2.08. The van der Waals surface area contributed by atoms with Crippen molar-refractivity contribution in [2.45, 2.75) is 13.8 Å². The molecular formula is C11H10O4. The van der Waals surface area contributed by atoms with E-state index in [0.717, 1.165) is 11.1 Å². The van der Waals surface area contributed by atoms with E-state index in [9.17, 15) is 9.59 Å². The Kier molecular flexibility index (Phi) is 2.00. The first-order valence-corrected chi connectivity index (χ1v) is 4.51. The Hall–Kier alpha value is -1.84. The van der Waals surface area contributed by atoms with E-state index < -0.39 is 11.9 Å². The highest BCUT2D eigenvalue weighted by molar-refractivity contribution is 6.17. The molecule has 0 aliphatic carbocycles. The molecule has 4 nitrogen and oxygen atoms in total. The number of carbonyl (C=O) groups excluding carboxylic acids is 2. The molecule has 0 N–H and O–H groups in total. The van der Waals surface area contributed by atoms with Gasteiger partial charge in [0.05, 0.1) is 12.7 Å². The minimum absolute atomic E-state index is 0.241. The van der Waals surface area contributed by atoms with Crippen LogP contribution in [0, 0.1) is 13.8 Å². The van der Waals surface area contributed by atoms with Gasteiger partial charge in [-0.25, -0.2) is 9.59 Å². The van der Waals surface area contributed by atoms with Gasteiger partial charge in [0, 0.05) is 0 Å². The van der Waals surface area contributed by atoms with Gasteiger partial charge < -0.3 is 9.47 Å². The van der Waals surface area contributed by atoms with Crippen LogP contribution in [0.25, 0.3) is 0 Å². The Morgan fingerprint density at radius 2 is 1.73 bits per heavy atom. The molecule has 0 atom stereocenters. The van der Waals surface area contributed by atoms with E-state index in [1.807, 2.05) is 6.92 Å². The van der Waals surface area contributed by atoms with Gasteiger partial charge in [-0.3, -0.25) is 0 Å². The van der Waals surface area contributed by atoms with Crippen LogP contribution < -0.4 is 4.74 Å². The summed E-state index contributed by atoms with van der Waals surface area (Å²) in [4.78, 5) is 22.8. The van der Waals surface area contributed by atoms with Gasteiger partial charge in [-0.2, -0.15) is 0 Å². The fourth-order valence-corrected chi connectivity index (χ4v) is 1.69. The molecule has 15 heavy (non-hydrogen) atoms. The second-order valence-corrected chi connectivity index (χ2v) is 3.45. The van der Waals surface area contributed by atoms with Gasteiger partial charge in [-0.05, 0) is 31.0 Å². The van der Waals surface area contributed by atoms with Gasteiger partial charge in [-0.15, -0.1) is 0 Å². The maximum absolute atomic E-state index is 11.4. The van der Waals surface area contributed by atoms with E-state index in [-0.39, 0.29) is 5.56 Å². The van der Waals surface area contributed by atoms with E-state index >= 15 is 0 Å². The smallest absolute Gasteiger partial charge is 0.350 e. The van der Waals surface area contributed by atoms with Crippen LogP contribution in [0.15, 0.2) is 6.07 Å². The number of cyclic esters (lactones) is 2. The molecule has 78 valence electrons. The molecule has 0 unspecified atom stereocenters. The largest absolute Gasteiger partial charge is 0.496 e. The molecule has 0 saturated carbocycles. The van der Waals surface area contributed by atoms with Gasteiger partial charge in [0.25, 0.3) is 0 Å². The average molecular weight is 206 g/mol. The van der Waals surface area contributed by atoms with Gasteiger partial charge in [0.15, 0.2) is 0 Å². The molecule has 1 aliphatic rings. The van der Waals surface area contributed by atoms with E-state index in [1.165, 1.54) is 7.11 Å². The molecule has 0 fully saturated rings. The minimum atomic E-state index is -0.630. The van der Waals surface area contributed by atoms with Crippen molar-refractivity contribution in [3.63, 3.8) is 0 Å². The summed E-state index contributed by atoms with van der Waals surface area (Å²) in [6.07, 6.45) is 0. The second-order valence-electron chi connectivity index (χ2n) is 3.45. The molecule has 1 aliphatic heterocycles. The maximum atomic E-state index is 11.4. The Morgan fingerprint density at radius 3 is 2.33 bits per heavy atom. The number of rotatable bonds is 1. The summed E-state index contributed by atoms with van der Waals surface area (Å²) in [5.74, 6) is -0.826. The summed E-state index contributed by atoms with van der Waals surface area (Å²) in [5, 5.41) is 0. The first kappa shape index (κ1) is 9.71. The van der Waals surface area contributed by atoms with Gasteiger partial charge in [0.2, 0.25) is 0 Å². The third-order valence-electron chi connectivity index (χ3n) is 2.62. The van der Waals surface area contributed by atoms with Crippen molar-refractivity contribution < 1.29 is 19.1 Å². The Morgan fingerprint density at radius 1 is 1.13 bits per heavy atom. The summed E-state index contributed by atoms with van der Waals surface area (Å²) in [6.45, 7) is 3.64. The monoisotopic (exact) mass is 206 g/mol. The van der Waals surface area contributed by atoms with Crippen molar-refractivity contribution in [3.8, 4) is 5.75 Å². The number of methoxy groups -OCH3 is 1. The molecule has 0 aromatic heterocycles. The first-order chi connectivity index (χ1) is 7.06. The number of esters is 2. The van der Waals surface area contributed by atoms with Gasteiger partial charge in [0.1, 0.15) is 11.3 Å². The molecule has 4 heteroatoms. The third-order valence-corrected chi connectivity index (χ3v) is 2.62. The fourth-order valence-electron chi connectivity index (χ4n) is 1.69. The number of carbonyl (C=O) groups is 2. The predicted molar refractivity (Wildman–Crippen MR) is 52.2 cm³/mol. The number of aryl methyl sites for hydroxylation is 1. The lowest BCUT2D eigenvalue weighted by Crippen LogP contribution is -2.01. The Bertz CT molecular complexity index is 474. The van der Waals surface area contributed by atoms with E-state index in [0.29, 0.717) is 11.3 Å². The van der Waals surface area contributed by atoms with E-state index in [4.69, 9.17) is 4.74 Å². The highest BCUT2D eigenvalue weighted by Gasteiger charge is 2.35. The molecule has 0 bridgehead atoms. The maximum Gasteiger partial charge on any atom is 0.350 e. The molecule has 2 rings (SSSR count). The zero-order valence-corrected chi connectivity index (χ0v) is 8.71. The van der Waals surface area contributed by atoms with Crippen LogP contribution in [-0.2, 0) is 4.74 Å². The molecular weight excluding hydrogens is 196 g/mol. The highest BCUT2D eigenvalue weighted by Crippen LogP contribution is 2.33. The molecule has 0 amide bonds. The number of ether oxygens (including phenoxy) is 2. The van der Waals surface area contributed by atoms with Crippen molar-refractivity contribution in [2.24, 2.45) is 0 Å². The molecule has 0 spiro atoms. The number of hydrogen-bond acceptors (Lipinski definition) is 4. The highest BCUT2D eigenvalue weighted by atomic mass is 16.6. The SMILES string of the molecule is COc1cc(C)c(C)c2c1C(=O)OC2=O. The van der Waals surface area contributed by atoms with Gasteiger partial charge >= 0.3 is 11.9 Å². The van der Waals surface area contributed by atoms with E-state index in [2.05, 4.69) is 4.74 Å². The summed E-state index contributed by atoms with van der Waals surface area (Å²) < 4.78 is 9.61. The van der Waals surface area contributed by atoms with Crippen LogP contribution in [-0.4, -0.2) is 19.0 Å². The molecule has 1 heterocycles. The summed E-state index contributed by atoms with van der Waals surface area (Å²) in [7, 11) is 1.46. The van der Waals surface area contributed by atoms with Crippen LogP contribution >= 0.6 is 0 Å². The number of fused-ring (bicyclic) bond motifs is 1. The topological polar surface area (TPSA) is 52.6 Å². The fraction of sp³-hybridized carbons (Fsp3) is 0.273. The number of hydrogen-bond donors (Lipinski definition) is 0. The van der Waals surface area contributed by atoms with Crippen LogP contribution in [0.3, 0.4) is 0 Å². The molecule has 1 aromatic rings. The first-order valence-electron chi connectivity index (χ1n) is 4.51. The normalized spacial score (nSPS) is 13.8. The molecule has 1 aromatic carbocycles. The van der Waals surface area contributed by atoms with Crippen LogP contribution in [0.2, 0.25) is 0 Å². The van der Waals surface area contributed by atoms with Crippen molar-refractivity contribution in [2.75, 3.05) is 7.11 Å². The van der Waals surface area contributed by atoms with Crippen LogP contribution in [0.4, 0.5) is 0 Å². The summed E-state index contributed by atoms with van der Waals surface area (Å²) in [5.41, 5.74) is 2.24. The van der Waals surface area contributed by atoms with Crippen LogP contribution in [0.5, 0.6) is 5.75 Å².